The van der Waals surface area contributed by atoms with Crippen LogP contribution in [0.15, 0.2) is 23.1 Å². The molecule has 0 saturated carbocycles. The van der Waals surface area contributed by atoms with Gasteiger partial charge in [0.25, 0.3) is 0 Å². The number of nitrogens with zero attached hydrogens (tertiary/aromatic N) is 1. The van der Waals surface area contributed by atoms with Crippen molar-refractivity contribution in [2.75, 3.05) is 36.9 Å². The summed E-state index contributed by atoms with van der Waals surface area (Å²) in [5, 5.41) is 5.07. The van der Waals surface area contributed by atoms with Gasteiger partial charge in [-0.05, 0) is 32.0 Å². The summed E-state index contributed by atoms with van der Waals surface area (Å²) < 4.78 is 27.9. The van der Waals surface area contributed by atoms with Gasteiger partial charge in [0, 0.05) is 25.4 Å². The lowest BCUT2D eigenvalue weighted by atomic mass is 10.2. The Balaban J connectivity index is 2.92. The summed E-state index contributed by atoms with van der Waals surface area (Å²) in [4.78, 5) is 2.01. The van der Waals surface area contributed by atoms with Crippen LogP contribution < -0.4 is 15.8 Å². The summed E-state index contributed by atoms with van der Waals surface area (Å²) >= 11 is 0. The lowest BCUT2D eigenvalue weighted by Crippen LogP contribution is -2.27. The van der Waals surface area contributed by atoms with Gasteiger partial charge in [0.2, 0.25) is 10.0 Å². The molecule has 1 aromatic rings. The van der Waals surface area contributed by atoms with Crippen molar-refractivity contribution >= 4 is 21.4 Å². The van der Waals surface area contributed by atoms with Crippen LogP contribution in [0.25, 0.3) is 0 Å². The molecule has 0 atom stereocenters. The van der Waals surface area contributed by atoms with Crippen LogP contribution in [-0.2, 0) is 14.8 Å². The van der Waals surface area contributed by atoms with Crippen LogP contribution >= 0.6 is 0 Å². The SMILES string of the molecule is CCOCCN(CC)c1ccc(S(N)(=O)=O)c(N)c1. The summed E-state index contributed by atoms with van der Waals surface area (Å²) in [6, 6.07) is 4.75. The molecule has 0 spiro atoms. The molecular formula is C12H21N3O3S. The molecule has 4 N–H and O–H groups in total. The van der Waals surface area contributed by atoms with E-state index < -0.39 is 10.0 Å². The van der Waals surface area contributed by atoms with E-state index in [9.17, 15) is 8.42 Å². The number of hydrogen-bond acceptors (Lipinski definition) is 5. The first kappa shape index (κ1) is 15.7. The van der Waals surface area contributed by atoms with Gasteiger partial charge in [-0.1, -0.05) is 0 Å². The third-order valence-corrected chi connectivity index (χ3v) is 3.74. The molecule has 108 valence electrons. The summed E-state index contributed by atoms with van der Waals surface area (Å²) in [5.74, 6) is 0. The molecule has 0 fully saturated rings. The van der Waals surface area contributed by atoms with Gasteiger partial charge in [0.1, 0.15) is 4.90 Å². The van der Waals surface area contributed by atoms with E-state index >= 15 is 0 Å². The van der Waals surface area contributed by atoms with Crippen molar-refractivity contribution < 1.29 is 13.2 Å². The van der Waals surface area contributed by atoms with Crippen molar-refractivity contribution in [3.05, 3.63) is 18.2 Å². The maximum atomic E-state index is 11.3. The third kappa shape index (κ3) is 4.38. The summed E-state index contributed by atoms with van der Waals surface area (Å²) in [7, 11) is -3.77. The van der Waals surface area contributed by atoms with E-state index in [0.29, 0.717) is 13.2 Å². The van der Waals surface area contributed by atoms with Crippen molar-refractivity contribution in [3.8, 4) is 0 Å². The number of hydrogen-bond donors (Lipinski definition) is 2. The van der Waals surface area contributed by atoms with E-state index in [2.05, 4.69) is 4.90 Å². The molecular weight excluding hydrogens is 266 g/mol. The second-order valence-corrected chi connectivity index (χ2v) is 5.57. The largest absolute Gasteiger partial charge is 0.398 e. The fourth-order valence-electron chi connectivity index (χ4n) is 1.78. The second-order valence-electron chi connectivity index (χ2n) is 4.04. The van der Waals surface area contributed by atoms with Gasteiger partial charge in [0.05, 0.1) is 12.3 Å². The Bertz CT molecular complexity index is 517. The first-order valence-corrected chi connectivity index (χ1v) is 7.69. The first-order valence-electron chi connectivity index (χ1n) is 6.15. The fourth-order valence-corrected chi connectivity index (χ4v) is 2.43. The number of ether oxygens (including phenoxy) is 1. The minimum absolute atomic E-state index is 0.0443. The molecule has 7 heteroatoms. The maximum absolute atomic E-state index is 11.3. The molecule has 0 heterocycles. The molecule has 0 bridgehead atoms. The monoisotopic (exact) mass is 287 g/mol. The van der Waals surface area contributed by atoms with Gasteiger partial charge >= 0.3 is 0 Å². The van der Waals surface area contributed by atoms with E-state index in [1.807, 2.05) is 13.8 Å². The fraction of sp³-hybridized carbons (Fsp3) is 0.500. The minimum atomic E-state index is -3.77. The summed E-state index contributed by atoms with van der Waals surface area (Å²) in [5.41, 5.74) is 6.75. The molecule has 0 radical (unpaired) electrons. The van der Waals surface area contributed by atoms with Crippen LogP contribution in [0.2, 0.25) is 0 Å². The van der Waals surface area contributed by atoms with Crippen LogP contribution in [0.3, 0.4) is 0 Å². The smallest absolute Gasteiger partial charge is 0.240 e. The van der Waals surface area contributed by atoms with Crippen molar-refractivity contribution in [3.63, 3.8) is 0 Å². The van der Waals surface area contributed by atoms with Crippen molar-refractivity contribution in [1.29, 1.82) is 0 Å². The van der Waals surface area contributed by atoms with Gasteiger partial charge < -0.3 is 15.4 Å². The van der Waals surface area contributed by atoms with Crippen molar-refractivity contribution in [2.24, 2.45) is 5.14 Å². The number of benzene rings is 1. The molecule has 6 nitrogen and oxygen atoms in total. The first-order chi connectivity index (χ1) is 8.90. The topological polar surface area (TPSA) is 98.6 Å². The molecule has 19 heavy (non-hydrogen) atoms. The number of likely N-dealkylation sites (N-methyl/N-ethyl adjacent to an activating group) is 1. The zero-order valence-corrected chi connectivity index (χ0v) is 12.1. The van der Waals surface area contributed by atoms with Crippen LogP contribution in [0.4, 0.5) is 11.4 Å². The predicted octanol–water partition coefficient (Wildman–Crippen LogP) is 0.779. The zero-order valence-electron chi connectivity index (χ0n) is 11.3. The van der Waals surface area contributed by atoms with Crippen molar-refractivity contribution in [2.45, 2.75) is 18.7 Å². The Labute approximate surface area is 114 Å². The summed E-state index contributed by atoms with van der Waals surface area (Å²) in [6.45, 7) is 6.73. The Morgan fingerprint density at radius 2 is 2.00 bits per heavy atom. The van der Waals surface area contributed by atoms with E-state index in [4.69, 9.17) is 15.6 Å². The normalized spacial score (nSPS) is 11.5. The number of sulfonamides is 1. The second kappa shape index (κ2) is 6.74. The van der Waals surface area contributed by atoms with Crippen LogP contribution in [0.1, 0.15) is 13.8 Å². The highest BCUT2D eigenvalue weighted by molar-refractivity contribution is 7.89. The molecule has 0 amide bonds. The molecule has 0 unspecified atom stereocenters. The minimum Gasteiger partial charge on any atom is -0.398 e. The predicted molar refractivity (Wildman–Crippen MR) is 76.6 cm³/mol. The standard InChI is InChI=1S/C12H21N3O3S/c1-3-15(7-8-18-4-2)10-5-6-12(11(13)9-10)19(14,16)17/h5-6,9H,3-4,7-8,13H2,1-2H3,(H2,14,16,17). The third-order valence-electron chi connectivity index (χ3n) is 2.76. The van der Waals surface area contributed by atoms with Crippen LogP contribution in [-0.4, -0.2) is 34.7 Å². The molecule has 0 aromatic heterocycles. The Morgan fingerprint density at radius 3 is 2.47 bits per heavy atom. The molecule has 0 aliphatic rings. The average molecular weight is 287 g/mol. The Kier molecular flexibility index (Phi) is 5.59. The lowest BCUT2D eigenvalue weighted by Gasteiger charge is -2.23. The number of primary sulfonamides is 1. The van der Waals surface area contributed by atoms with Crippen LogP contribution in [0, 0.1) is 0 Å². The highest BCUT2D eigenvalue weighted by Gasteiger charge is 2.14. The van der Waals surface area contributed by atoms with E-state index in [-0.39, 0.29) is 10.6 Å². The van der Waals surface area contributed by atoms with Gasteiger partial charge in [-0.3, -0.25) is 0 Å². The number of nitrogen functional groups attached to an aromatic ring is 1. The van der Waals surface area contributed by atoms with E-state index in [0.717, 1.165) is 18.8 Å². The number of rotatable bonds is 7. The average Bonchev–Trinajstić information content (AvgIpc) is 2.33. The molecule has 1 rings (SSSR count). The van der Waals surface area contributed by atoms with Gasteiger partial charge in [-0.2, -0.15) is 0 Å². The molecule has 0 saturated heterocycles. The lowest BCUT2D eigenvalue weighted by molar-refractivity contribution is 0.154. The maximum Gasteiger partial charge on any atom is 0.240 e. The number of nitrogens with two attached hydrogens (primary N) is 2. The van der Waals surface area contributed by atoms with Crippen molar-refractivity contribution in [1.82, 2.24) is 0 Å². The van der Waals surface area contributed by atoms with E-state index in [1.165, 1.54) is 6.07 Å². The number of anilines is 2. The Morgan fingerprint density at radius 1 is 1.32 bits per heavy atom. The Hall–Kier alpha value is -1.31. The quantitative estimate of drug-likeness (QED) is 0.570. The highest BCUT2D eigenvalue weighted by atomic mass is 32.2. The van der Waals surface area contributed by atoms with Gasteiger partial charge in [-0.25, -0.2) is 13.6 Å². The highest BCUT2D eigenvalue weighted by Crippen LogP contribution is 2.23. The van der Waals surface area contributed by atoms with Gasteiger partial charge in [-0.15, -0.1) is 0 Å². The molecule has 1 aromatic carbocycles. The molecule has 0 aliphatic heterocycles. The molecule has 0 aliphatic carbocycles. The van der Waals surface area contributed by atoms with Crippen LogP contribution in [0.5, 0.6) is 0 Å². The van der Waals surface area contributed by atoms with E-state index in [1.54, 1.807) is 12.1 Å². The summed E-state index contributed by atoms with van der Waals surface area (Å²) in [6.07, 6.45) is 0. The zero-order chi connectivity index (χ0) is 14.5. The van der Waals surface area contributed by atoms with Gasteiger partial charge in [0.15, 0.2) is 0 Å².